The number of halogens is 3. The first-order valence-corrected chi connectivity index (χ1v) is 5.99. The molecule has 0 unspecified atom stereocenters. The van der Waals surface area contributed by atoms with Crippen LogP contribution in [-0.4, -0.2) is 15.9 Å². The van der Waals surface area contributed by atoms with E-state index in [0.29, 0.717) is 5.69 Å². The van der Waals surface area contributed by atoms with Crippen LogP contribution in [0, 0.1) is 12.7 Å². The number of anilines is 1. The molecule has 2 rings (SSSR count). The molecule has 0 saturated carbocycles. The topological polar surface area (TPSA) is 54.9 Å². The number of benzene rings is 1. The molecule has 19 heavy (non-hydrogen) atoms. The van der Waals surface area contributed by atoms with Crippen molar-refractivity contribution < 1.29 is 9.18 Å². The predicted octanol–water partition coefficient (Wildman–Crippen LogP) is 3.48. The highest BCUT2D eigenvalue weighted by atomic mass is 35.5. The Morgan fingerprint density at radius 1 is 1.32 bits per heavy atom. The lowest BCUT2D eigenvalue weighted by Gasteiger charge is -2.06. The molecule has 0 saturated heterocycles. The van der Waals surface area contributed by atoms with Crippen molar-refractivity contribution in [1.82, 2.24) is 9.97 Å². The van der Waals surface area contributed by atoms with Gasteiger partial charge in [-0.3, -0.25) is 10.1 Å². The molecule has 1 amide bonds. The maximum Gasteiger partial charge on any atom is 0.261 e. The third-order valence-electron chi connectivity index (χ3n) is 2.24. The van der Waals surface area contributed by atoms with Crippen LogP contribution in [0.15, 0.2) is 24.3 Å². The first kappa shape index (κ1) is 13.7. The van der Waals surface area contributed by atoms with E-state index in [-0.39, 0.29) is 21.7 Å². The van der Waals surface area contributed by atoms with Crippen LogP contribution < -0.4 is 5.32 Å². The Bertz CT molecular complexity index is 629. The van der Waals surface area contributed by atoms with E-state index in [0.717, 1.165) is 0 Å². The van der Waals surface area contributed by atoms with Crippen molar-refractivity contribution in [3.63, 3.8) is 0 Å². The van der Waals surface area contributed by atoms with Crippen molar-refractivity contribution >= 4 is 35.1 Å². The highest BCUT2D eigenvalue weighted by Crippen LogP contribution is 2.19. The van der Waals surface area contributed by atoms with Gasteiger partial charge in [-0.25, -0.2) is 14.4 Å². The number of amides is 1. The van der Waals surface area contributed by atoms with Crippen LogP contribution in [0.1, 0.15) is 16.1 Å². The zero-order valence-electron chi connectivity index (χ0n) is 9.75. The van der Waals surface area contributed by atoms with Crippen LogP contribution in [0.5, 0.6) is 0 Å². The summed E-state index contributed by atoms with van der Waals surface area (Å²) in [4.78, 5) is 19.7. The first-order chi connectivity index (χ1) is 8.97. The van der Waals surface area contributed by atoms with Crippen molar-refractivity contribution in [3.05, 3.63) is 51.5 Å². The van der Waals surface area contributed by atoms with Gasteiger partial charge in [-0.2, -0.15) is 0 Å². The second-order valence-electron chi connectivity index (χ2n) is 3.71. The first-order valence-electron chi connectivity index (χ1n) is 5.24. The molecule has 98 valence electrons. The van der Waals surface area contributed by atoms with E-state index < -0.39 is 11.7 Å². The Labute approximate surface area is 118 Å². The van der Waals surface area contributed by atoms with Gasteiger partial charge in [0.15, 0.2) is 5.82 Å². The van der Waals surface area contributed by atoms with Gasteiger partial charge in [0.25, 0.3) is 5.91 Å². The van der Waals surface area contributed by atoms with Crippen LogP contribution in [0.25, 0.3) is 0 Å². The molecule has 1 N–H and O–H groups in total. The maximum atomic E-state index is 13.7. The fraction of sp³-hybridized carbons (Fsp3) is 0.0833. The number of carbonyl (C=O) groups excluding carboxylic acids is 1. The summed E-state index contributed by atoms with van der Waals surface area (Å²) >= 11 is 11.3. The summed E-state index contributed by atoms with van der Waals surface area (Å²) in [5.41, 5.74) is 0.399. The second kappa shape index (κ2) is 5.50. The minimum Gasteiger partial charge on any atom is -0.290 e. The number of rotatable bonds is 2. The Kier molecular flexibility index (Phi) is 3.97. The molecule has 0 aliphatic rings. The van der Waals surface area contributed by atoms with Gasteiger partial charge < -0.3 is 0 Å². The van der Waals surface area contributed by atoms with Crippen LogP contribution in [0.3, 0.4) is 0 Å². The molecule has 0 radical (unpaired) electrons. The standard InChI is InChI=1S/C12H8Cl2FN3O/c1-6-5-9(14)17-12(16-6)18-11(19)7-3-2-4-8(13)10(7)15/h2-5H,1H3,(H,16,17,18,19). The Hall–Kier alpha value is -1.72. The Balaban J connectivity index is 2.28. The fourth-order valence-corrected chi connectivity index (χ4v) is 1.85. The molecule has 1 aromatic carbocycles. The molecule has 1 heterocycles. The van der Waals surface area contributed by atoms with E-state index >= 15 is 0 Å². The van der Waals surface area contributed by atoms with E-state index in [1.165, 1.54) is 24.3 Å². The maximum absolute atomic E-state index is 13.7. The molecule has 0 spiro atoms. The molecule has 0 bridgehead atoms. The normalized spacial score (nSPS) is 10.3. The van der Waals surface area contributed by atoms with Crippen molar-refractivity contribution in [3.8, 4) is 0 Å². The number of nitrogens with one attached hydrogen (secondary N) is 1. The lowest BCUT2D eigenvalue weighted by atomic mass is 10.2. The number of aromatic nitrogens is 2. The van der Waals surface area contributed by atoms with Gasteiger partial charge >= 0.3 is 0 Å². The molecule has 1 aromatic heterocycles. The highest BCUT2D eigenvalue weighted by Gasteiger charge is 2.15. The van der Waals surface area contributed by atoms with E-state index in [9.17, 15) is 9.18 Å². The largest absolute Gasteiger partial charge is 0.290 e. The fourth-order valence-electron chi connectivity index (χ4n) is 1.43. The number of carbonyl (C=O) groups is 1. The average Bonchev–Trinajstić information content (AvgIpc) is 2.31. The summed E-state index contributed by atoms with van der Waals surface area (Å²) in [5.74, 6) is -1.48. The minimum atomic E-state index is -0.791. The van der Waals surface area contributed by atoms with Crippen molar-refractivity contribution in [2.24, 2.45) is 0 Å². The van der Waals surface area contributed by atoms with Crippen molar-refractivity contribution in [2.45, 2.75) is 6.92 Å². The summed E-state index contributed by atoms with van der Waals surface area (Å²) in [7, 11) is 0. The molecule has 4 nitrogen and oxygen atoms in total. The minimum absolute atomic E-state index is 0.00868. The van der Waals surface area contributed by atoms with E-state index in [1.807, 2.05) is 0 Å². The van der Waals surface area contributed by atoms with Gasteiger partial charge in [0.2, 0.25) is 5.95 Å². The molecular formula is C12H8Cl2FN3O. The van der Waals surface area contributed by atoms with E-state index in [2.05, 4.69) is 15.3 Å². The van der Waals surface area contributed by atoms with Crippen LogP contribution in [0.4, 0.5) is 10.3 Å². The lowest BCUT2D eigenvalue weighted by molar-refractivity contribution is 0.102. The Morgan fingerprint density at radius 2 is 2.05 bits per heavy atom. The quantitative estimate of drug-likeness (QED) is 0.864. The van der Waals surface area contributed by atoms with Crippen LogP contribution in [-0.2, 0) is 0 Å². The van der Waals surface area contributed by atoms with Gasteiger partial charge in [-0.05, 0) is 25.1 Å². The van der Waals surface area contributed by atoms with Gasteiger partial charge in [-0.1, -0.05) is 29.3 Å². The smallest absolute Gasteiger partial charge is 0.261 e. The molecule has 0 fully saturated rings. The number of hydrogen-bond acceptors (Lipinski definition) is 3. The highest BCUT2D eigenvalue weighted by molar-refractivity contribution is 6.31. The summed E-state index contributed by atoms with van der Waals surface area (Å²) in [6.07, 6.45) is 0. The van der Waals surface area contributed by atoms with Gasteiger partial charge in [0.05, 0.1) is 10.6 Å². The molecular weight excluding hydrogens is 292 g/mol. The second-order valence-corrected chi connectivity index (χ2v) is 4.51. The lowest BCUT2D eigenvalue weighted by Crippen LogP contribution is -2.16. The summed E-state index contributed by atoms with van der Waals surface area (Å²) < 4.78 is 13.7. The molecule has 2 aromatic rings. The number of aryl methyl sites for hydroxylation is 1. The Morgan fingerprint density at radius 3 is 2.74 bits per heavy atom. The van der Waals surface area contributed by atoms with Gasteiger partial charge in [0.1, 0.15) is 5.15 Å². The zero-order valence-corrected chi connectivity index (χ0v) is 11.3. The van der Waals surface area contributed by atoms with Crippen LogP contribution in [0.2, 0.25) is 10.2 Å². The summed E-state index contributed by atoms with van der Waals surface area (Å²) in [6, 6.07) is 5.68. The SMILES string of the molecule is Cc1cc(Cl)nc(NC(=O)c2cccc(Cl)c2F)n1. The van der Waals surface area contributed by atoms with Gasteiger partial charge in [-0.15, -0.1) is 0 Å². The average molecular weight is 300 g/mol. The molecule has 7 heteroatoms. The van der Waals surface area contributed by atoms with E-state index in [1.54, 1.807) is 6.92 Å². The third kappa shape index (κ3) is 3.19. The van der Waals surface area contributed by atoms with Crippen molar-refractivity contribution in [1.29, 1.82) is 0 Å². The van der Waals surface area contributed by atoms with Crippen molar-refractivity contribution in [2.75, 3.05) is 5.32 Å². The molecule has 0 aliphatic carbocycles. The van der Waals surface area contributed by atoms with Gasteiger partial charge in [0, 0.05) is 5.69 Å². The zero-order chi connectivity index (χ0) is 14.0. The summed E-state index contributed by atoms with van der Waals surface area (Å²) in [6.45, 7) is 1.70. The summed E-state index contributed by atoms with van der Waals surface area (Å²) in [5, 5.41) is 2.42. The molecule has 0 atom stereocenters. The number of hydrogen-bond donors (Lipinski definition) is 1. The third-order valence-corrected chi connectivity index (χ3v) is 2.73. The number of nitrogens with zero attached hydrogens (tertiary/aromatic N) is 2. The molecule has 0 aliphatic heterocycles. The monoisotopic (exact) mass is 299 g/mol. The van der Waals surface area contributed by atoms with Crippen LogP contribution >= 0.6 is 23.2 Å². The predicted molar refractivity (Wildman–Crippen MR) is 71.1 cm³/mol. The van der Waals surface area contributed by atoms with E-state index in [4.69, 9.17) is 23.2 Å².